The molecule has 1 aromatic carbocycles. The van der Waals surface area contributed by atoms with Crippen molar-refractivity contribution in [2.75, 3.05) is 20.2 Å². The summed E-state index contributed by atoms with van der Waals surface area (Å²) in [5.41, 5.74) is 0.319. The Hall–Kier alpha value is -3.08. The zero-order valence-electron chi connectivity index (χ0n) is 22.8. The van der Waals surface area contributed by atoms with Crippen LogP contribution in [0.5, 0.6) is 0 Å². The van der Waals surface area contributed by atoms with Gasteiger partial charge in [-0.05, 0) is 52.0 Å². The minimum atomic E-state index is -0.727. The van der Waals surface area contributed by atoms with Crippen LogP contribution in [0.25, 0.3) is 0 Å². The molecule has 0 bridgehead atoms. The van der Waals surface area contributed by atoms with Crippen LogP contribution < -0.4 is 10.6 Å². The number of amides is 3. The van der Waals surface area contributed by atoms with Crippen LogP contribution in [0.2, 0.25) is 0 Å². The first-order valence-corrected chi connectivity index (χ1v) is 13.7. The summed E-state index contributed by atoms with van der Waals surface area (Å²) in [4.78, 5) is 63.5. The van der Waals surface area contributed by atoms with Crippen molar-refractivity contribution in [3.8, 4) is 0 Å². The maximum atomic E-state index is 13.2. The third-order valence-electron chi connectivity index (χ3n) is 5.91. The average Bonchev–Trinajstić information content (AvgIpc) is 3.30. The molecule has 38 heavy (non-hydrogen) atoms. The molecule has 0 aliphatic carbocycles. The predicted molar refractivity (Wildman–Crippen MR) is 144 cm³/mol. The number of carbonyl (C=O) groups is 5. The molecule has 2 rings (SSSR count). The van der Waals surface area contributed by atoms with Gasteiger partial charge in [0.15, 0.2) is 5.12 Å². The number of carbonyl (C=O) groups excluding carboxylic acids is 5. The number of rotatable bonds is 11. The lowest BCUT2D eigenvalue weighted by atomic mass is 10.0. The van der Waals surface area contributed by atoms with Crippen LogP contribution in [0.15, 0.2) is 30.3 Å². The third-order valence-corrected chi connectivity index (χ3v) is 6.97. The molecule has 1 aliphatic rings. The molecule has 1 saturated heterocycles. The molecule has 1 unspecified atom stereocenters. The number of likely N-dealkylation sites (tertiary alicyclic amines) is 1. The van der Waals surface area contributed by atoms with E-state index in [1.807, 2.05) is 30.3 Å². The second kappa shape index (κ2) is 14.8. The maximum absolute atomic E-state index is 13.2. The van der Waals surface area contributed by atoms with Gasteiger partial charge >= 0.3 is 12.1 Å². The second-order valence-electron chi connectivity index (χ2n) is 10.1. The van der Waals surface area contributed by atoms with Gasteiger partial charge in [-0.15, -0.1) is 0 Å². The number of nitrogens with one attached hydrogen (secondary N) is 2. The number of alkyl carbamates (subject to hydrolysis) is 1. The fourth-order valence-corrected chi connectivity index (χ4v) is 5.18. The Labute approximate surface area is 228 Å². The minimum absolute atomic E-state index is 0.210. The van der Waals surface area contributed by atoms with Crippen LogP contribution in [0.3, 0.4) is 0 Å². The van der Waals surface area contributed by atoms with Crippen LogP contribution in [0.1, 0.15) is 71.4 Å². The average molecular weight is 550 g/mol. The Kier molecular flexibility index (Phi) is 12.1. The minimum Gasteiger partial charge on any atom is -0.467 e. The van der Waals surface area contributed by atoms with Crippen LogP contribution in [0, 0.1) is 0 Å². The highest BCUT2D eigenvalue weighted by Gasteiger charge is 2.42. The Balaban J connectivity index is 1.94. The summed E-state index contributed by atoms with van der Waals surface area (Å²) < 4.78 is 10.1. The summed E-state index contributed by atoms with van der Waals surface area (Å²) in [6.45, 7) is 6.79. The van der Waals surface area contributed by atoms with Crippen molar-refractivity contribution < 1.29 is 33.4 Å². The fourth-order valence-electron chi connectivity index (χ4n) is 4.30. The van der Waals surface area contributed by atoms with E-state index in [1.54, 1.807) is 20.8 Å². The molecule has 10 nitrogen and oxygen atoms in total. The van der Waals surface area contributed by atoms with Gasteiger partial charge in [0.25, 0.3) is 0 Å². The number of methoxy groups -OCH3 is 1. The van der Waals surface area contributed by atoms with Crippen molar-refractivity contribution in [3.05, 3.63) is 35.9 Å². The number of benzene rings is 1. The molecule has 11 heteroatoms. The Morgan fingerprint density at radius 1 is 1.05 bits per heavy atom. The highest BCUT2D eigenvalue weighted by Crippen LogP contribution is 2.36. The van der Waals surface area contributed by atoms with Crippen LogP contribution in [0.4, 0.5) is 4.79 Å². The summed E-state index contributed by atoms with van der Waals surface area (Å²) in [6, 6.07) is 8.40. The van der Waals surface area contributed by atoms with E-state index >= 15 is 0 Å². The van der Waals surface area contributed by atoms with Crippen LogP contribution in [-0.4, -0.2) is 71.0 Å². The van der Waals surface area contributed by atoms with Gasteiger partial charge in [-0.2, -0.15) is 0 Å². The van der Waals surface area contributed by atoms with Crippen molar-refractivity contribution in [2.45, 2.75) is 82.7 Å². The third kappa shape index (κ3) is 10.00. The van der Waals surface area contributed by atoms with Crippen LogP contribution in [-0.2, 0) is 28.7 Å². The zero-order chi connectivity index (χ0) is 28.3. The Morgan fingerprint density at radius 3 is 2.34 bits per heavy atom. The summed E-state index contributed by atoms with van der Waals surface area (Å²) in [5, 5.41) is 4.43. The highest BCUT2D eigenvalue weighted by molar-refractivity contribution is 8.14. The first-order valence-electron chi connectivity index (χ1n) is 12.8. The lowest BCUT2D eigenvalue weighted by molar-refractivity contribution is -0.152. The summed E-state index contributed by atoms with van der Waals surface area (Å²) >= 11 is 0.908. The monoisotopic (exact) mass is 549 g/mol. The summed E-state index contributed by atoms with van der Waals surface area (Å²) in [7, 11) is 1.29. The molecular weight excluding hydrogens is 510 g/mol. The van der Waals surface area contributed by atoms with Gasteiger partial charge in [0.2, 0.25) is 11.8 Å². The largest absolute Gasteiger partial charge is 0.467 e. The maximum Gasteiger partial charge on any atom is 0.407 e. The summed E-state index contributed by atoms with van der Waals surface area (Å²) in [5.74, 6) is -1.31. The number of unbranched alkanes of at least 4 members (excludes halogenated alkanes) is 1. The number of hydrogen-bond donors (Lipinski definition) is 2. The van der Waals surface area contributed by atoms with E-state index in [9.17, 15) is 24.0 Å². The first kappa shape index (κ1) is 31.1. The second-order valence-corrected chi connectivity index (χ2v) is 11.5. The van der Waals surface area contributed by atoms with Crippen molar-refractivity contribution in [1.82, 2.24) is 15.5 Å². The van der Waals surface area contributed by atoms with E-state index < -0.39 is 40.8 Å². The van der Waals surface area contributed by atoms with E-state index in [2.05, 4.69) is 10.6 Å². The molecule has 0 aromatic heterocycles. The molecule has 0 radical (unpaired) electrons. The van der Waals surface area contributed by atoms with Crippen molar-refractivity contribution >= 4 is 40.8 Å². The molecule has 3 atom stereocenters. The van der Waals surface area contributed by atoms with E-state index in [0.717, 1.165) is 17.3 Å². The molecule has 0 spiro atoms. The van der Waals surface area contributed by atoms with E-state index in [0.29, 0.717) is 38.6 Å². The van der Waals surface area contributed by atoms with Gasteiger partial charge < -0.3 is 25.0 Å². The zero-order valence-corrected chi connectivity index (χ0v) is 23.6. The first-order chi connectivity index (χ1) is 17.9. The highest BCUT2D eigenvalue weighted by atomic mass is 32.2. The molecule has 3 amide bonds. The van der Waals surface area contributed by atoms with Gasteiger partial charge in [-0.3, -0.25) is 14.4 Å². The lowest BCUT2D eigenvalue weighted by Crippen LogP contribution is -2.48. The quantitative estimate of drug-likeness (QED) is 0.317. The lowest BCUT2D eigenvalue weighted by Gasteiger charge is -2.29. The number of hydrogen-bond acceptors (Lipinski definition) is 8. The van der Waals surface area contributed by atoms with Crippen LogP contribution >= 0.6 is 11.8 Å². The molecule has 210 valence electrons. The smallest absolute Gasteiger partial charge is 0.407 e. The summed E-state index contributed by atoms with van der Waals surface area (Å²) in [6.07, 6.45) is 2.11. The van der Waals surface area contributed by atoms with Gasteiger partial charge in [0, 0.05) is 13.5 Å². The topological polar surface area (TPSA) is 131 Å². The number of ether oxygens (including phenoxy) is 2. The van der Waals surface area contributed by atoms with E-state index in [-0.39, 0.29) is 17.7 Å². The normalized spacial score (nSPS) is 17.9. The van der Waals surface area contributed by atoms with E-state index in [4.69, 9.17) is 9.47 Å². The fraction of sp³-hybridized carbons (Fsp3) is 0.593. The number of esters is 1. The molecule has 1 aliphatic heterocycles. The Bertz CT molecular complexity index is 981. The van der Waals surface area contributed by atoms with Crippen molar-refractivity contribution in [3.63, 3.8) is 0 Å². The molecular formula is C27H39N3O7S. The molecule has 1 aromatic rings. The van der Waals surface area contributed by atoms with Crippen molar-refractivity contribution in [2.24, 2.45) is 0 Å². The molecule has 0 saturated carbocycles. The Morgan fingerprint density at radius 2 is 1.74 bits per heavy atom. The van der Waals surface area contributed by atoms with Gasteiger partial charge in [-0.25, -0.2) is 9.59 Å². The van der Waals surface area contributed by atoms with Gasteiger partial charge in [0.05, 0.1) is 24.9 Å². The standard InChI is InChI=1S/C27H39N3O7S/c1-18(31)38-22(13-9-10-16-28-26(35)37-27(2,3)4)24(33)29-17-23(32)30-20(19-11-7-6-8-12-19)14-15-21(30)25(34)36-5/h6-8,11-12,20-22H,9-10,13-17H2,1-5H3,(H,28,35)(H,29,33)/t20-,21+,22?/m1/s1. The number of thioether (sulfide) groups is 1. The molecule has 1 fully saturated rings. The van der Waals surface area contributed by atoms with Gasteiger partial charge in [0.1, 0.15) is 11.6 Å². The SMILES string of the molecule is COC(=O)[C@@H]1CC[C@H](c2ccccc2)N1C(=O)CNC(=O)C(CCCCNC(=O)OC(C)(C)C)SC(C)=O. The van der Waals surface area contributed by atoms with Crippen molar-refractivity contribution in [1.29, 1.82) is 0 Å². The predicted octanol–water partition coefficient (Wildman–Crippen LogP) is 3.35. The number of nitrogens with zero attached hydrogens (tertiary/aromatic N) is 1. The van der Waals surface area contributed by atoms with Gasteiger partial charge in [-0.1, -0.05) is 48.5 Å². The van der Waals surface area contributed by atoms with E-state index in [1.165, 1.54) is 18.9 Å². The molecule has 2 N–H and O–H groups in total. The molecule has 1 heterocycles.